The number of aryl methyl sites for hydroxylation is 1. The Kier molecular flexibility index (Phi) is 6.64. The maximum absolute atomic E-state index is 13.4. The van der Waals surface area contributed by atoms with Gasteiger partial charge in [-0.2, -0.15) is 0 Å². The fourth-order valence-electron chi connectivity index (χ4n) is 4.44. The van der Waals surface area contributed by atoms with Gasteiger partial charge in [-0.3, -0.25) is 9.59 Å². The lowest BCUT2D eigenvalue weighted by atomic mass is 10.0. The Balaban J connectivity index is 1.45. The van der Waals surface area contributed by atoms with Crippen molar-refractivity contribution in [2.45, 2.75) is 26.2 Å². The van der Waals surface area contributed by atoms with Gasteiger partial charge in [0, 0.05) is 39.8 Å². The zero-order chi connectivity index (χ0) is 24.4. The predicted molar refractivity (Wildman–Crippen MR) is 144 cm³/mol. The van der Waals surface area contributed by atoms with E-state index in [1.807, 2.05) is 41.3 Å². The van der Waals surface area contributed by atoms with Crippen molar-refractivity contribution in [3.63, 3.8) is 0 Å². The van der Waals surface area contributed by atoms with Gasteiger partial charge >= 0.3 is 0 Å². The van der Waals surface area contributed by atoms with Gasteiger partial charge in [0.25, 0.3) is 11.8 Å². The zero-order valence-electron chi connectivity index (χ0n) is 19.6. The summed E-state index contributed by atoms with van der Waals surface area (Å²) in [5.74, 6) is -0.176. The topological polar surface area (TPSA) is 62.3 Å². The lowest BCUT2D eigenvalue weighted by Gasteiger charge is -2.15. The third-order valence-electron chi connectivity index (χ3n) is 6.46. The highest BCUT2D eigenvalue weighted by molar-refractivity contribution is 9.10. The SMILES string of the molecule is CCc1ccc(-c2cc(C(=O)Nc3ccc(C(=O)N4CCCC4)cc3)c3cc(Br)ccc3n2)cc1. The second kappa shape index (κ2) is 10.0. The number of hydrogen-bond acceptors (Lipinski definition) is 3. The number of rotatable bonds is 5. The molecule has 1 N–H and O–H groups in total. The molecule has 0 saturated carbocycles. The lowest BCUT2D eigenvalue weighted by molar-refractivity contribution is 0.0792. The first-order valence-electron chi connectivity index (χ1n) is 11.9. The van der Waals surface area contributed by atoms with Crippen LogP contribution >= 0.6 is 15.9 Å². The standard InChI is InChI=1S/C29H26BrN3O2/c1-2-19-5-7-20(8-6-19)27-18-25(24-17-22(30)11-14-26(24)32-27)28(34)31-23-12-9-21(10-13-23)29(35)33-15-3-4-16-33/h5-14,17-18H,2-4,15-16H2,1H3,(H,31,34). The van der Waals surface area contributed by atoms with E-state index in [-0.39, 0.29) is 11.8 Å². The average molecular weight is 528 g/mol. The number of hydrogen-bond donors (Lipinski definition) is 1. The summed E-state index contributed by atoms with van der Waals surface area (Å²) in [5, 5.41) is 3.77. The molecule has 5 nitrogen and oxygen atoms in total. The van der Waals surface area contributed by atoms with Crippen molar-refractivity contribution in [3.05, 3.63) is 94.0 Å². The summed E-state index contributed by atoms with van der Waals surface area (Å²) in [6.07, 6.45) is 3.08. The molecule has 0 atom stereocenters. The quantitative estimate of drug-likeness (QED) is 0.313. The smallest absolute Gasteiger partial charge is 0.256 e. The molecule has 35 heavy (non-hydrogen) atoms. The fraction of sp³-hybridized carbons (Fsp3) is 0.207. The second-order valence-electron chi connectivity index (χ2n) is 8.80. The van der Waals surface area contributed by atoms with Crippen LogP contribution in [0.15, 0.2) is 77.3 Å². The van der Waals surface area contributed by atoms with Crippen LogP contribution in [0.5, 0.6) is 0 Å². The molecule has 3 aromatic carbocycles. The van der Waals surface area contributed by atoms with Crippen LogP contribution in [0.2, 0.25) is 0 Å². The first kappa shape index (κ1) is 23.2. The van der Waals surface area contributed by atoms with E-state index in [0.29, 0.717) is 16.8 Å². The monoisotopic (exact) mass is 527 g/mol. The maximum Gasteiger partial charge on any atom is 0.256 e. The Hall–Kier alpha value is -3.51. The van der Waals surface area contributed by atoms with Gasteiger partial charge < -0.3 is 10.2 Å². The van der Waals surface area contributed by atoms with Crippen LogP contribution in [-0.2, 0) is 6.42 Å². The molecule has 0 spiro atoms. The van der Waals surface area contributed by atoms with Crippen molar-refractivity contribution in [2.24, 2.45) is 0 Å². The Labute approximate surface area is 213 Å². The molecule has 0 unspecified atom stereocenters. The number of carbonyl (C=O) groups is 2. The molecular weight excluding hydrogens is 502 g/mol. The summed E-state index contributed by atoms with van der Waals surface area (Å²) in [6, 6.07) is 23.0. The van der Waals surface area contributed by atoms with Gasteiger partial charge in [0.2, 0.25) is 0 Å². The molecule has 0 bridgehead atoms. The summed E-state index contributed by atoms with van der Waals surface area (Å²) < 4.78 is 0.880. The molecule has 176 valence electrons. The second-order valence-corrected chi connectivity index (χ2v) is 9.71. The molecule has 1 saturated heterocycles. The van der Waals surface area contributed by atoms with E-state index in [1.54, 1.807) is 24.3 Å². The number of benzene rings is 3. The highest BCUT2D eigenvalue weighted by Crippen LogP contribution is 2.28. The van der Waals surface area contributed by atoms with Crippen LogP contribution in [0.3, 0.4) is 0 Å². The molecule has 5 rings (SSSR count). The fourth-order valence-corrected chi connectivity index (χ4v) is 4.80. The Morgan fingerprint density at radius 1 is 0.943 bits per heavy atom. The third-order valence-corrected chi connectivity index (χ3v) is 6.95. The van der Waals surface area contributed by atoms with E-state index in [0.717, 1.165) is 59.0 Å². The number of nitrogens with one attached hydrogen (secondary N) is 1. The number of amides is 2. The van der Waals surface area contributed by atoms with Crippen molar-refractivity contribution in [3.8, 4) is 11.3 Å². The van der Waals surface area contributed by atoms with Gasteiger partial charge in [-0.15, -0.1) is 0 Å². The van der Waals surface area contributed by atoms with E-state index in [4.69, 9.17) is 4.98 Å². The van der Waals surface area contributed by atoms with Gasteiger partial charge in [-0.05, 0) is 73.4 Å². The van der Waals surface area contributed by atoms with Gasteiger partial charge in [-0.1, -0.05) is 47.1 Å². The number of halogens is 1. The largest absolute Gasteiger partial charge is 0.339 e. The molecule has 4 aromatic rings. The Morgan fingerprint density at radius 2 is 1.66 bits per heavy atom. The van der Waals surface area contributed by atoms with E-state index < -0.39 is 0 Å². The van der Waals surface area contributed by atoms with E-state index in [1.165, 1.54) is 5.56 Å². The minimum absolute atomic E-state index is 0.0455. The zero-order valence-corrected chi connectivity index (χ0v) is 21.1. The Morgan fingerprint density at radius 3 is 2.34 bits per heavy atom. The van der Waals surface area contributed by atoms with Crippen molar-refractivity contribution < 1.29 is 9.59 Å². The number of fused-ring (bicyclic) bond motifs is 1. The third kappa shape index (κ3) is 4.98. The van der Waals surface area contributed by atoms with Crippen molar-refractivity contribution in [2.75, 3.05) is 18.4 Å². The molecule has 2 heterocycles. The van der Waals surface area contributed by atoms with Crippen molar-refractivity contribution in [1.82, 2.24) is 9.88 Å². The predicted octanol–water partition coefficient (Wildman–Crippen LogP) is 6.72. The van der Waals surface area contributed by atoms with E-state index in [2.05, 4.69) is 40.3 Å². The minimum Gasteiger partial charge on any atom is -0.339 e. The first-order chi connectivity index (χ1) is 17.0. The number of likely N-dealkylation sites (tertiary alicyclic amines) is 1. The summed E-state index contributed by atoms with van der Waals surface area (Å²) >= 11 is 3.52. The normalized spacial score (nSPS) is 13.3. The molecule has 1 fully saturated rings. The van der Waals surface area contributed by atoms with Gasteiger partial charge in [0.05, 0.1) is 16.8 Å². The van der Waals surface area contributed by atoms with E-state index >= 15 is 0 Å². The molecule has 2 amide bonds. The minimum atomic E-state index is -0.222. The molecule has 1 aliphatic rings. The summed E-state index contributed by atoms with van der Waals surface area (Å²) in [6.45, 7) is 3.75. The molecule has 1 aromatic heterocycles. The Bertz CT molecular complexity index is 1390. The van der Waals surface area contributed by atoms with Crippen molar-refractivity contribution in [1.29, 1.82) is 0 Å². The average Bonchev–Trinajstić information content (AvgIpc) is 3.43. The van der Waals surface area contributed by atoms with Crippen LogP contribution < -0.4 is 5.32 Å². The van der Waals surface area contributed by atoms with Gasteiger partial charge in [-0.25, -0.2) is 4.98 Å². The summed E-state index contributed by atoms with van der Waals surface area (Å²) in [5.41, 5.74) is 5.54. The number of nitrogens with zero attached hydrogens (tertiary/aromatic N) is 2. The number of aromatic nitrogens is 1. The molecule has 0 radical (unpaired) electrons. The van der Waals surface area contributed by atoms with Gasteiger partial charge in [0.1, 0.15) is 0 Å². The summed E-state index contributed by atoms with van der Waals surface area (Å²) in [4.78, 5) is 32.7. The van der Waals surface area contributed by atoms with Crippen LogP contribution in [0.4, 0.5) is 5.69 Å². The van der Waals surface area contributed by atoms with Gasteiger partial charge in [0.15, 0.2) is 0 Å². The van der Waals surface area contributed by atoms with Crippen LogP contribution in [0.1, 0.15) is 46.0 Å². The van der Waals surface area contributed by atoms with Crippen LogP contribution in [0, 0.1) is 0 Å². The molecular formula is C29H26BrN3O2. The lowest BCUT2D eigenvalue weighted by Crippen LogP contribution is -2.27. The number of anilines is 1. The highest BCUT2D eigenvalue weighted by atomic mass is 79.9. The summed E-state index contributed by atoms with van der Waals surface area (Å²) in [7, 11) is 0. The highest BCUT2D eigenvalue weighted by Gasteiger charge is 2.20. The van der Waals surface area contributed by atoms with E-state index in [9.17, 15) is 9.59 Å². The number of carbonyl (C=O) groups excluding carboxylic acids is 2. The maximum atomic E-state index is 13.4. The van der Waals surface area contributed by atoms with Crippen molar-refractivity contribution >= 4 is 44.3 Å². The molecule has 6 heteroatoms. The molecule has 0 aliphatic carbocycles. The van der Waals surface area contributed by atoms with Crippen LogP contribution in [-0.4, -0.2) is 34.8 Å². The van der Waals surface area contributed by atoms with Crippen LogP contribution in [0.25, 0.3) is 22.2 Å². The first-order valence-corrected chi connectivity index (χ1v) is 12.7. The number of pyridine rings is 1. The molecule has 1 aliphatic heterocycles.